The first-order chi connectivity index (χ1) is 16.5. The Balaban J connectivity index is 1.32. The molecule has 1 fully saturated rings. The van der Waals surface area contributed by atoms with Gasteiger partial charge < -0.3 is 14.6 Å². The van der Waals surface area contributed by atoms with Gasteiger partial charge in [-0.05, 0) is 67.3 Å². The molecule has 172 valence electrons. The number of nitrogens with one attached hydrogen (secondary N) is 1. The smallest absolute Gasteiger partial charge is 0.293 e. The van der Waals surface area contributed by atoms with Crippen molar-refractivity contribution in [3.8, 4) is 11.5 Å². The Morgan fingerprint density at radius 1 is 1.09 bits per heavy atom. The maximum absolute atomic E-state index is 12.8. The summed E-state index contributed by atoms with van der Waals surface area (Å²) in [7, 11) is 0. The minimum Gasteiger partial charge on any atom is -0.436 e. The molecule has 1 aliphatic heterocycles. The van der Waals surface area contributed by atoms with Crippen molar-refractivity contribution in [2.75, 3.05) is 23.3 Å². The molecular formula is C26H24N4O4. The first kappa shape index (κ1) is 21.6. The van der Waals surface area contributed by atoms with E-state index in [-0.39, 0.29) is 11.3 Å². The highest BCUT2D eigenvalue weighted by molar-refractivity contribution is 6.05. The fraction of sp³-hybridized carbons (Fsp3) is 0.231. The molecule has 4 aromatic rings. The highest BCUT2D eigenvalue weighted by Gasteiger charge is 2.25. The number of nitro groups is 1. The standard InChI is InChI=1S/C26H24N4O4/c1-17-12-14-29(15-13-17)22-11-8-19(16-23(22)30(32)33)25(31)27-20-9-6-18(7-10-20)26-28-21-4-2-3-5-24(21)34-26/h2-11,16-17H,12-15H2,1H3,(H,27,31). The van der Waals surface area contributed by atoms with Crippen LogP contribution >= 0.6 is 0 Å². The summed E-state index contributed by atoms with van der Waals surface area (Å²) < 4.78 is 5.78. The third-order valence-corrected chi connectivity index (χ3v) is 6.24. The highest BCUT2D eigenvalue weighted by Crippen LogP contribution is 2.33. The van der Waals surface area contributed by atoms with Gasteiger partial charge in [0.15, 0.2) is 5.58 Å². The zero-order valence-electron chi connectivity index (χ0n) is 18.7. The number of para-hydroxylation sites is 2. The highest BCUT2D eigenvalue weighted by atomic mass is 16.6. The van der Waals surface area contributed by atoms with Crippen LogP contribution in [-0.4, -0.2) is 28.9 Å². The molecule has 34 heavy (non-hydrogen) atoms. The van der Waals surface area contributed by atoms with Crippen LogP contribution in [0.5, 0.6) is 0 Å². The Hall–Kier alpha value is -4.20. The molecule has 0 atom stereocenters. The zero-order chi connectivity index (χ0) is 23.7. The van der Waals surface area contributed by atoms with E-state index in [0.717, 1.165) is 37.0 Å². The number of anilines is 2. The Morgan fingerprint density at radius 3 is 2.53 bits per heavy atom. The lowest BCUT2D eigenvalue weighted by molar-refractivity contribution is -0.384. The summed E-state index contributed by atoms with van der Waals surface area (Å²) in [5.74, 6) is 0.711. The summed E-state index contributed by atoms with van der Waals surface area (Å²) in [6.07, 6.45) is 2.00. The van der Waals surface area contributed by atoms with Crippen LogP contribution in [0.2, 0.25) is 0 Å². The number of rotatable bonds is 5. The van der Waals surface area contributed by atoms with Gasteiger partial charge in [0.2, 0.25) is 5.89 Å². The SMILES string of the molecule is CC1CCN(c2ccc(C(=O)Nc3ccc(-c4nc5ccccc5o4)cc3)cc2[N+](=O)[O-])CC1. The number of benzene rings is 3. The van der Waals surface area contributed by atoms with Gasteiger partial charge in [-0.15, -0.1) is 0 Å². The Labute approximate surface area is 196 Å². The van der Waals surface area contributed by atoms with Crippen molar-refractivity contribution in [1.82, 2.24) is 4.98 Å². The maximum Gasteiger partial charge on any atom is 0.293 e. The van der Waals surface area contributed by atoms with E-state index in [9.17, 15) is 14.9 Å². The van der Waals surface area contributed by atoms with Crippen LogP contribution in [0.1, 0.15) is 30.1 Å². The molecule has 1 N–H and O–H groups in total. The lowest BCUT2D eigenvalue weighted by Gasteiger charge is -2.31. The first-order valence-corrected chi connectivity index (χ1v) is 11.3. The molecule has 0 saturated carbocycles. The van der Waals surface area contributed by atoms with Gasteiger partial charge in [-0.1, -0.05) is 19.1 Å². The number of hydrogen-bond donors (Lipinski definition) is 1. The average Bonchev–Trinajstić information content (AvgIpc) is 3.29. The second-order valence-electron chi connectivity index (χ2n) is 8.65. The van der Waals surface area contributed by atoms with E-state index in [2.05, 4.69) is 17.2 Å². The summed E-state index contributed by atoms with van der Waals surface area (Å²) in [6.45, 7) is 3.75. The van der Waals surface area contributed by atoms with Crippen molar-refractivity contribution in [2.45, 2.75) is 19.8 Å². The molecule has 0 unspecified atom stereocenters. The lowest BCUT2D eigenvalue weighted by Crippen LogP contribution is -2.33. The number of nitro benzene ring substituents is 1. The molecule has 8 nitrogen and oxygen atoms in total. The van der Waals surface area contributed by atoms with Crippen LogP contribution in [0.15, 0.2) is 71.1 Å². The summed E-state index contributed by atoms with van der Waals surface area (Å²) in [4.78, 5) is 30.6. The minimum absolute atomic E-state index is 0.0477. The van der Waals surface area contributed by atoms with Crippen LogP contribution in [-0.2, 0) is 0 Å². The zero-order valence-corrected chi connectivity index (χ0v) is 18.7. The molecule has 0 spiro atoms. The van der Waals surface area contributed by atoms with E-state index in [1.165, 1.54) is 6.07 Å². The van der Waals surface area contributed by atoms with Crippen molar-refractivity contribution in [1.29, 1.82) is 0 Å². The van der Waals surface area contributed by atoms with Gasteiger partial charge in [-0.25, -0.2) is 4.98 Å². The molecule has 0 bridgehead atoms. The van der Waals surface area contributed by atoms with Gasteiger partial charge in [0.05, 0.1) is 4.92 Å². The Bertz CT molecular complexity index is 1320. The molecule has 1 aliphatic rings. The maximum atomic E-state index is 12.8. The van der Waals surface area contributed by atoms with Gasteiger partial charge in [0.1, 0.15) is 11.2 Å². The van der Waals surface area contributed by atoms with Crippen LogP contribution in [0, 0.1) is 16.0 Å². The topological polar surface area (TPSA) is 102 Å². The van der Waals surface area contributed by atoms with E-state index in [1.54, 1.807) is 24.3 Å². The fourth-order valence-corrected chi connectivity index (χ4v) is 4.22. The molecule has 8 heteroatoms. The molecule has 5 rings (SSSR count). The third kappa shape index (κ3) is 4.34. The summed E-state index contributed by atoms with van der Waals surface area (Å²) in [6, 6.07) is 19.3. The molecule has 1 amide bonds. The predicted octanol–water partition coefficient (Wildman–Crippen LogP) is 5.89. The van der Waals surface area contributed by atoms with Crippen LogP contribution in [0.4, 0.5) is 17.1 Å². The third-order valence-electron chi connectivity index (χ3n) is 6.24. The Kier molecular flexibility index (Phi) is 5.71. The van der Waals surface area contributed by atoms with Gasteiger partial charge in [0, 0.05) is 36.0 Å². The molecular weight excluding hydrogens is 432 g/mol. The number of amides is 1. The first-order valence-electron chi connectivity index (χ1n) is 11.3. The lowest BCUT2D eigenvalue weighted by atomic mass is 9.98. The van der Waals surface area contributed by atoms with E-state index >= 15 is 0 Å². The largest absolute Gasteiger partial charge is 0.436 e. The van der Waals surface area contributed by atoms with Crippen molar-refractivity contribution < 1.29 is 14.1 Å². The van der Waals surface area contributed by atoms with E-state index in [4.69, 9.17) is 4.42 Å². The predicted molar refractivity (Wildman–Crippen MR) is 131 cm³/mol. The average molecular weight is 457 g/mol. The van der Waals surface area contributed by atoms with Crippen molar-refractivity contribution in [3.63, 3.8) is 0 Å². The minimum atomic E-state index is -0.417. The number of oxazole rings is 1. The molecule has 1 aromatic heterocycles. The van der Waals surface area contributed by atoms with Gasteiger partial charge in [-0.3, -0.25) is 14.9 Å². The normalized spacial score (nSPS) is 14.3. The summed E-state index contributed by atoms with van der Waals surface area (Å²) in [5, 5.41) is 14.5. The number of fused-ring (bicyclic) bond motifs is 1. The quantitative estimate of drug-likeness (QED) is 0.297. The number of carbonyl (C=O) groups excluding carboxylic acids is 1. The van der Waals surface area contributed by atoms with Gasteiger partial charge in [0.25, 0.3) is 11.6 Å². The van der Waals surface area contributed by atoms with Crippen LogP contribution < -0.4 is 10.2 Å². The van der Waals surface area contributed by atoms with E-state index in [1.807, 2.05) is 41.3 Å². The molecule has 1 saturated heterocycles. The molecule has 3 aromatic carbocycles. The number of carbonyl (C=O) groups is 1. The van der Waals surface area contributed by atoms with Gasteiger partial charge >= 0.3 is 0 Å². The van der Waals surface area contributed by atoms with Crippen LogP contribution in [0.25, 0.3) is 22.6 Å². The monoisotopic (exact) mass is 456 g/mol. The number of hydrogen-bond acceptors (Lipinski definition) is 6. The van der Waals surface area contributed by atoms with Crippen molar-refractivity contribution in [3.05, 3.63) is 82.4 Å². The van der Waals surface area contributed by atoms with Gasteiger partial charge in [-0.2, -0.15) is 0 Å². The number of nitrogens with zero attached hydrogens (tertiary/aromatic N) is 3. The molecule has 2 heterocycles. The van der Waals surface area contributed by atoms with E-state index < -0.39 is 10.8 Å². The van der Waals surface area contributed by atoms with Crippen molar-refractivity contribution >= 4 is 34.1 Å². The number of aromatic nitrogens is 1. The van der Waals surface area contributed by atoms with Crippen molar-refractivity contribution in [2.24, 2.45) is 5.92 Å². The molecule has 0 radical (unpaired) electrons. The molecule has 0 aliphatic carbocycles. The second-order valence-corrected chi connectivity index (χ2v) is 8.65. The summed E-state index contributed by atoms with van der Waals surface area (Å²) in [5.41, 5.74) is 3.60. The van der Waals surface area contributed by atoms with Crippen LogP contribution in [0.3, 0.4) is 0 Å². The fourth-order valence-electron chi connectivity index (χ4n) is 4.22. The summed E-state index contributed by atoms with van der Waals surface area (Å²) >= 11 is 0. The second kappa shape index (κ2) is 8.97. The Morgan fingerprint density at radius 2 is 1.82 bits per heavy atom. The number of piperidine rings is 1. The van der Waals surface area contributed by atoms with E-state index in [0.29, 0.717) is 28.8 Å².